The minimum atomic E-state index is -0.151. The molecule has 1 aromatic carbocycles. The monoisotopic (exact) mass is 220 g/mol. The SMILES string of the molecule is CCNC(=O)c1cccc(C(=O)CNC)c1. The molecule has 0 bridgehead atoms. The predicted octanol–water partition coefficient (Wildman–Crippen LogP) is 0.838. The second kappa shape index (κ2) is 6.02. The number of carbonyl (C=O) groups is 2. The zero-order chi connectivity index (χ0) is 12.0. The summed E-state index contributed by atoms with van der Waals surface area (Å²) in [6.45, 7) is 2.71. The highest BCUT2D eigenvalue weighted by Gasteiger charge is 2.08. The van der Waals surface area contributed by atoms with E-state index in [-0.39, 0.29) is 18.2 Å². The molecule has 0 aliphatic heterocycles. The molecule has 1 amide bonds. The molecule has 0 heterocycles. The number of nitrogens with one attached hydrogen (secondary N) is 2. The van der Waals surface area contributed by atoms with Crippen molar-refractivity contribution < 1.29 is 9.59 Å². The van der Waals surface area contributed by atoms with E-state index in [0.29, 0.717) is 17.7 Å². The molecule has 0 fully saturated rings. The fraction of sp³-hybridized carbons (Fsp3) is 0.333. The lowest BCUT2D eigenvalue weighted by Gasteiger charge is -2.04. The van der Waals surface area contributed by atoms with E-state index >= 15 is 0 Å². The van der Waals surface area contributed by atoms with E-state index in [1.54, 1.807) is 31.3 Å². The molecule has 16 heavy (non-hydrogen) atoms. The van der Waals surface area contributed by atoms with Crippen LogP contribution in [0.5, 0.6) is 0 Å². The van der Waals surface area contributed by atoms with E-state index in [4.69, 9.17) is 0 Å². The number of Topliss-reactive ketones (excluding diaryl/α,β-unsaturated/α-hetero) is 1. The van der Waals surface area contributed by atoms with Crippen LogP contribution in [-0.4, -0.2) is 31.8 Å². The van der Waals surface area contributed by atoms with Crippen LogP contribution in [0.3, 0.4) is 0 Å². The minimum absolute atomic E-state index is 0.0198. The van der Waals surface area contributed by atoms with Crippen molar-refractivity contribution in [3.63, 3.8) is 0 Å². The normalized spacial score (nSPS) is 9.88. The van der Waals surface area contributed by atoms with Crippen molar-refractivity contribution in [1.29, 1.82) is 0 Å². The summed E-state index contributed by atoms with van der Waals surface area (Å²) in [6, 6.07) is 6.74. The molecular weight excluding hydrogens is 204 g/mol. The van der Waals surface area contributed by atoms with Gasteiger partial charge in [0, 0.05) is 17.7 Å². The third-order valence-corrected chi connectivity index (χ3v) is 2.12. The summed E-state index contributed by atoms with van der Waals surface area (Å²) in [5.74, 6) is -0.171. The maximum Gasteiger partial charge on any atom is 0.251 e. The highest BCUT2D eigenvalue weighted by molar-refractivity contribution is 6.01. The van der Waals surface area contributed by atoms with Crippen LogP contribution in [-0.2, 0) is 0 Å². The number of carbonyl (C=O) groups excluding carboxylic acids is 2. The molecule has 0 aliphatic carbocycles. The number of likely N-dealkylation sites (N-methyl/N-ethyl adjacent to an activating group) is 1. The summed E-state index contributed by atoms with van der Waals surface area (Å²) in [5.41, 5.74) is 1.07. The highest BCUT2D eigenvalue weighted by Crippen LogP contribution is 2.05. The molecule has 0 aliphatic rings. The lowest BCUT2D eigenvalue weighted by Crippen LogP contribution is -2.23. The Balaban J connectivity index is 2.86. The average Bonchev–Trinajstić information content (AvgIpc) is 2.30. The van der Waals surface area contributed by atoms with Crippen molar-refractivity contribution >= 4 is 11.7 Å². The summed E-state index contributed by atoms with van der Waals surface area (Å²) in [5, 5.41) is 5.48. The Morgan fingerprint density at radius 2 is 1.94 bits per heavy atom. The Hall–Kier alpha value is -1.68. The van der Waals surface area contributed by atoms with E-state index in [0.717, 1.165) is 0 Å². The van der Waals surface area contributed by atoms with Crippen LogP contribution < -0.4 is 10.6 Å². The third kappa shape index (κ3) is 3.17. The van der Waals surface area contributed by atoms with Crippen LogP contribution in [0.4, 0.5) is 0 Å². The summed E-state index contributed by atoms with van der Waals surface area (Å²) < 4.78 is 0. The largest absolute Gasteiger partial charge is 0.352 e. The molecule has 0 spiro atoms. The second-order valence-corrected chi connectivity index (χ2v) is 3.39. The van der Waals surface area contributed by atoms with Crippen LogP contribution in [0.2, 0.25) is 0 Å². The van der Waals surface area contributed by atoms with Gasteiger partial charge in [-0.05, 0) is 26.1 Å². The molecule has 1 aromatic rings. The molecule has 0 aromatic heterocycles. The van der Waals surface area contributed by atoms with E-state index in [2.05, 4.69) is 10.6 Å². The van der Waals surface area contributed by atoms with Gasteiger partial charge in [0.25, 0.3) is 5.91 Å². The molecule has 0 unspecified atom stereocenters. The Morgan fingerprint density at radius 3 is 2.56 bits per heavy atom. The van der Waals surface area contributed by atoms with Gasteiger partial charge in [-0.15, -0.1) is 0 Å². The van der Waals surface area contributed by atoms with Crippen molar-refractivity contribution in [3.8, 4) is 0 Å². The molecule has 0 radical (unpaired) electrons. The van der Waals surface area contributed by atoms with Gasteiger partial charge < -0.3 is 10.6 Å². The average molecular weight is 220 g/mol. The first kappa shape index (κ1) is 12.4. The van der Waals surface area contributed by atoms with E-state index in [1.165, 1.54) is 0 Å². The van der Waals surface area contributed by atoms with Gasteiger partial charge in [0.1, 0.15) is 0 Å². The molecule has 0 saturated heterocycles. The number of amides is 1. The lowest BCUT2D eigenvalue weighted by molar-refractivity contribution is 0.0956. The van der Waals surface area contributed by atoms with Crippen molar-refractivity contribution in [1.82, 2.24) is 10.6 Å². The molecule has 0 atom stereocenters. The summed E-state index contributed by atoms with van der Waals surface area (Å²) in [4.78, 5) is 23.1. The van der Waals surface area contributed by atoms with E-state index < -0.39 is 0 Å². The van der Waals surface area contributed by atoms with Crippen molar-refractivity contribution in [3.05, 3.63) is 35.4 Å². The van der Waals surface area contributed by atoms with Crippen molar-refractivity contribution in [2.45, 2.75) is 6.92 Å². The third-order valence-electron chi connectivity index (χ3n) is 2.12. The van der Waals surface area contributed by atoms with Gasteiger partial charge in [-0.3, -0.25) is 9.59 Å². The molecule has 86 valence electrons. The maximum atomic E-state index is 11.6. The van der Waals surface area contributed by atoms with Gasteiger partial charge >= 0.3 is 0 Å². The first-order chi connectivity index (χ1) is 7.69. The zero-order valence-electron chi connectivity index (χ0n) is 9.54. The van der Waals surface area contributed by atoms with Crippen LogP contribution >= 0.6 is 0 Å². The van der Waals surface area contributed by atoms with E-state index in [9.17, 15) is 9.59 Å². The van der Waals surface area contributed by atoms with Gasteiger partial charge in [0.2, 0.25) is 0 Å². The van der Waals surface area contributed by atoms with Crippen LogP contribution in [0.25, 0.3) is 0 Å². The van der Waals surface area contributed by atoms with E-state index in [1.807, 2.05) is 6.92 Å². The highest BCUT2D eigenvalue weighted by atomic mass is 16.1. The Morgan fingerprint density at radius 1 is 1.25 bits per heavy atom. The Labute approximate surface area is 95.0 Å². The number of hydrogen-bond acceptors (Lipinski definition) is 3. The first-order valence-electron chi connectivity index (χ1n) is 5.25. The summed E-state index contributed by atoms with van der Waals surface area (Å²) >= 11 is 0. The van der Waals surface area contributed by atoms with Gasteiger partial charge in [-0.2, -0.15) is 0 Å². The quantitative estimate of drug-likeness (QED) is 0.723. The fourth-order valence-corrected chi connectivity index (χ4v) is 1.36. The molecule has 2 N–H and O–H groups in total. The molecular formula is C12H16N2O2. The molecule has 1 rings (SSSR count). The summed E-state index contributed by atoms with van der Waals surface area (Å²) in [7, 11) is 1.71. The first-order valence-corrected chi connectivity index (χ1v) is 5.25. The van der Waals surface area contributed by atoms with Gasteiger partial charge in [-0.25, -0.2) is 0 Å². The van der Waals surface area contributed by atoms with Crippen LogP contribution in [0.15, 0.2) is 24.3 Å². The van der Waals surface area contributed by atoms with Gasteiger partial charge in [-0.1, -0.05) is 12.1 Å². The van der Waals surface area contributed by atoms with Crippen molar-refractivity contribution in [2.24, 2.45) is 0 Å². The maximum absolute atomic E-state index is 11.6. The number of benzene rings is 1. The van der Waals surface area contributed by atoms with Crippen LogP contribution in [0, 0.1) is 0 Å². The topological polar surface area (TPSA) is 58.2 Å². The molecule has 0 saturated carbocycles. The van der Waals surface area contributed by atoms with Crippen molar-refractivity contribution in [2.75, 3.05) is 20.1 Å². The zero-order valence-corrected chi connectivity index (χ0v) is 9.54. The predicted molar refractivity (Wildman–Crippen MR) is 62.7 cm³/mol. The smallest absolute Gasteiger partial charge is 0.251 e. The van der Waals surface area contributed by atoms with Gasteiger partial charge in [0.05, 0.1) is 6.54 Å². The minimum Gasteiger partial charge on any atom is -0.352 e. The number of hydrogen-bond donors (Lipinski definition) is 2. The number of rotatable bonds is 5. The lowest BCUT2D eigenvalue weighted by atomic mass is 10.1. The Bertz CT molecular complexity index is 355. The van der Waals surface area contributed by atoms with Gasteiger partial charge in [0.15, 0.2) is 5.78 Å². The fourth-order valence-electron chi connectivity index (χ4n) is 1.36. The second-order valence-electron chi connectivity index (χ2n) is 3.39. The summed E-state index contributed by atoms with van der Waals surface area (Å²) in [6.07, 6.45) is 0. The standard InChI is InChI=1S/C12H16N2O2/c1-3-14-12(16)10-6-4-5-9(7-10)11(15)8-13-2/h4-7,13H,3,8H2,1-2H3,(H,14,16). The number of ketones is 1. The molecule has 4 heteroatoms. The molecule has 4 nitrogen and oxygen atoms in total. The van der Waals surface area contributed by atoms with Crippen LogP contribution in [0.1, 0.15) is 27.6 Å². The Kier molecular flexibility index (Phi) is 4.66.